The van der Waals surface area contributed by atoms with E-state index in [1.165, 1.54) is 5.56 Å². The molecule has 0 amide bonds. The third-order valence-electron chi connectivity index (χ3n) is 1.99. The zero-order valence-corrected chi connectivity index (χ0v) is 8.25. The number of aliphatic hydroxyl groups excluding tert-OH is 1. The average Bonchev–Trinajstić information content (AvgIpc) is 2.15. The molecule has 0 bridgehead atoms. The minimum absolute atomic E-state index is 0.173. The number of hydrogen-bond acceptors (Lipinski definition) is 2. The van der Waals surface area contributed by atoms with Gasteiger partial charge >= 0.3 is 0 Å². The van der Waals surface area contributed by atoms with Gasteiger partial charge in [-0.1, -0.05) is 26.0 Å². The molecule has 0 aliphatic carbocycles. The minimum Gasteiger partial charge on any atom is -0.395 e. The lowest BCUT2D eigenvalue weighted by Crippen LogP contribution is -2.05. The summed E-state index contributed by atoms with van der Waals surface area (Å²) in [5.74, 6) is 0.552. The van der Waals surface area contributed by atoms with Gasteiger partial charge in [0.1, 0.15) is 0 Å². The summed E-state index contributed by atoms with van der Waals surface area (Å²) in [4.78, 5) is 0. The van der Waals surface area contributed by atoms with Gasteiger partial charge in [0.2, 0.25) is 0 Å². The third-order valence-corrected chi connectivity index (χ3v) is 1.99. The number of rotatable bonds is 4. The molecule has 2 N–H and O–H groups in total. The Hall–Kier alpha value is -1.02. The van der Waals surface area contributed by atoms with Crippen LogP contribution in [0.4, 0.5) is 5.69 Å². The van der Waals surface area contributed by atoms with Crippen molar-refractivity contribution in [3.05, 3.63) is 29.8 Å². The first-order valence-corrected chi connectivity index (χ1v) is 4.68. The predicted molar refractivity (Wildman–Crippen MR) is 56.1 cm³/mol. The monoisotopic (exact) mass is 179 g/mol. The van der Waals surface area contributed by atoms with E-state index in [9.17, 15) is 0 Å². The van der Waals surface area contributed by atoms with Crippen LogP contribution in [0, 0.1) is 0 Å². The highest BCUT2D eigenvalue weighted by molar-refractivity contribution is 5.46. The second-order valence-corrected chi connectivity index (χ2v) is 3.43. The van der Waals surface area contributed by atoms with Crippen molar-refractivity contribution < 1.29 is 5.11 Å². The fraction of sp³-hybridized carbons (Fsp3) is 0.455. The van der Waals surface area contributed by atoms with Gasteiger partial charge in [0, 0.05) is 12.2 Å². The first kappa shape index (κ1) is 10.1. The van der Waals surface area contributed by atoms with Crippen LogP contribution in [0.2, 0.25) is 0 Å². The first-order valence-electron chi connectivity index (χ1n) is 4.68. The van der Waals surface area contributed by atoms with Gasteiger partial charge in [-0.2, -0.15) is 0 Å². The highest BCUT2D eigenvalue weighted by atomic mass is 16.3. The number of aliphatic hydroxyl groups is 1. The van der Waals surface area contributed by atoms with Gasteiger partial charge in [-0.05, 0) is 23.6 Å². The Kier molecular flexibility index (Phi) is 3.77. The zero-order chi connectivity index (χ0) is 9.68. The molecule has 1 rings (SSSR count). The van der Waals surface area contributed by atoms with Crippen LogP contribution in [0.1, 0.15) is 25.3 Å². The third kappa shape index (κ3) is 3.07. The molecule has 2 nitrogen and oxygen atoms in total. The summed E-state index contributed by atoms with van der Waals surface area (Å²) in [5, 5.41) is 11.8. The van der Waals surface area contributed by atoms with Crippen LogP contribution in [0.3, 0.4) is 0 Å². The van der Waals surface area contributed by atoms with E-state index in [1.807, 2.05) is 12.1 Å². The van der Waals surface area contributed by atoms with E-state index < -0.39 is 0 Å². The lowest BCUT2D eigenvalue weighted by molar-refractivity contribution is 0.311. The lowest BCUT2D eigenvalue weighted by Gasteiger charge is -2.09. The highest BCUT2D eigenvalue weighted by Gasteiger charge is 1.98. The van der Waals surface area contributed by atoms with Gasteiger partial charge in [-0.25, -0.2) is 0 Å². The van der Waals surface area contributed by atoms with Crippen LogP contribution < -0.4 is 5.32 Å². The molecule has 0 saturated heterocycles. The van der Waals surface area contributed by atoms with Crippen molar-refractivity contribution >= 4 is 5.69 Å². The van der Waals surface area contributed by atoms with E-state index in [4.69, 9.17) is 5.11 Å². The van der Waals surface area contributed by atoms with Gasteiger partial charge in [-0.15, -0.1) is 0 Å². The maximum absolute atomic E-state index is 8.64. The minimum atomic E-state index is 0.173. The summed E-state index contributed by atoms with van der Waals surface area (Å²) in [7, 11) is 0. The van der Waals surface area contributed by atoms with Crippen LogP contribution in [0.5, 0.6) is 0 Å². The molecule has 72 valence electrons. The Bertz CT molecular complexity index is 258. The van der Waals surface area contributed by atoms with E-state index in [-0.39, 0.29) is 6.61 Å². The summed E-state index contributed by atoms with van der Waals surface area (Å²) in [6.07, 6.45) is 0. The highest BCUT2D eigenvalue weighted by Crippen LogP contribution is 2.17. The van der Waals surface area contributed by atoms with E-state index >= 15 is 0 Å². The maximum Gasteiger partial charge on any atom is 0.0604 e. The molecule has 0 saturated carbocycles. The van der Waals surface area contributed by atoms with Gasteiger partial charge in [0.05, 0.1) is 6.61 Å². The lowest BCUT2D eigenvalue weighted by atomic mass is 10.0. The first-order chi connectivity index (χ1) is 6.24. The maximum atomic E-state index is 8.64. The fourth-order valence-corrected chi connectivity index (χ4v) is 1.21. The molecule has 0 unspecified atom stereocenters. The van der Waals surface area contributed by atoms with E-state index in [1.54, 1.807) is 0 Å². The van der Waals surface area contributed by atoms with E-state index in [2.05, 4.69) is 31.3 Å². The van der Waals surface area contributed by atoms with Crippen LogP contribution in [0.15, 0.2) is 24.3 Å². The quantitative estimate of drug-likeness (QED) is 0.742. The Labute approximate surface area is 79.6 Å². The van der Waals surface area contributed by atoms with Crippen molar-refractivity contribution in [2.45, 2.75) is 19.8 Å². The second kappa shape index (κ2) is 4.87. The zero-order valence-electron chi connectivity index (χ0n) is 8.25. The van der Waals surface area contributed by atoms with Crippen molar-refractivity contribution in [2.75, 3.05) is 18.5 Å². The van der Waals surface area contributed by atoms with Crippen LogP contribution >= 0.6 is 0 Å². The molecule has 1 aromatic rings. The summed E-state index contributed by atoms with van der Waals surface area (Å²) in [5.41, 5.74) is 2.41. The van der Waals surface area contributed by atoms with Crippen molar-refractivity contribution in [3.8, 4) is 0 Å². The fourth-order valence-electron chi connectivity index (χ4n) is 1.21. The molecule has 0 radical (unpaired) electrons. The van der Waals surface area contributed by atoms with Crippen molar-refractivity contribution in [3.63, 3.8) is 0 Å². The topological polar surface area (TPSA) is 32.3 Å². The summed E-state index contributed by atoms with van der Waals surface area (Å²) >= 11 is 0. The standard InChI is InChI=1S/C11H17NO/c1-9(2)10-4-3-5-11(8-10)12-6-7-13/h3-5,8-9,12-13H,6-7H2,1-2H3. The number of nitrogens with one attached hydrogen (secondary N) is 1. The summed E-state index contributed by atoms with van der Waals surface area (Å²) in [6, 6.07) is 8.30. The smallest absolute Gasteiger partial charge is 0.0604 e. The molecule has 0 atom stereocenters. The Morgan fingerprint density at radius 3 is 2.77 bits per heavy atom. The van der Waals surface area contributed by atoms with Gasteiger partial charge in [0.25, 0.3) is 0 Å². The molecular formula is C11H17NO. The molecule has 0 aliphatic rings. The van der Waals surface area contributed by atoms with Gasteiger partial charge in [-0.3, -0.25) is 0 Å². The van der Waals surface area contributed by atoms with Crippen LogP contribution in [0.25, 0.3) is 0 Å². The Morgan fingerprint density at radius 2 is 2.15 bits per heavy atom. The average molecular weight is 179 g/mol. The number of anilines is 1. The van der Waals surface area contributed by atoms with Crippen LogP contribution in [-0.2, 0) is 0 Å². The molecule has 0 heterocycles. The molecule has 2 heteroatoms. The molecular weight excluding hydrogens is 162 g/mol. The number of hydrogen-bond donors (Lipinski definition) is 2. The molecule has 0 aliphatic heterocycles. The van der Waals surface area contributed by atoms with Crippen LogP contribution in [-0.4, -0.2) is 18.3 Å². The molecule has 0 fully saturated rings. The SMILES string of the molecule is CC(C)c1cccc(NCCO)c1. The molecule has 1 aromatic carbocycles. The van der Waals surface area contributed by atoms with Gasteiger partial charge in [0.15, 0.2) is 0 Å². The Balaban J connectivity index is 2.68. The van der Waals surface area contributed by atoms with Gasteiger partial charge < -0.3 is 10.4 Å². The largest absolute Gasteiger partial charge is 0.395 e. The van der Waals surface area contributed by atoms with E-state index in [0.29, 0.717) is 12.5 Å². The van der Waals surface area contributed by atoms with Crippen molar-refractivity contribution in [1.29, 1.82) is 0 Å². The Morgan fingerprint density at radius 1 is 1.38 bits per heavy atom. The normalized spacial score (nSPS) is 10.5. The molecule has 13 heavy (non-hydrogen) atoms. The van der Waals surface area contributed by atoms with Crippen molar-refractivity contribution in [2.24, 2.45) is 0 Å². The second-order valence-electron chi connectivity index (χ2n) is 3.43. The molecule has 0 aromatic heterocycles. The van der Waals surface area contributed by atoms with E-state index in [0.717, 1.165) is 5.69 Å². The van der Waals surface area contributed by atoms with Crippen molar-refractivity contribution in [1.82, 2.24) is 0 Å². The number of benzene rings is 1. The predicted octanol–water partition coefficient (Wildman–Crippen LogP) is 2.21. The molecule has 0 spiro atoms. The summed E-state index contributed by atoms with van der Waals surface area (Å²) < 4.78 is 0. The summed E-state index contributed by atoms with van der Waals surface area (Å²) in [6.45, 7) is 5.13.